The molecule has 2 amide bonds. The van der Waals surface area contributed by atoms with E-state index in [2.05, 4.69) is 28.5 Å². The Bertz CT molecular complexity index is 1330. The zero-order valence-corrected chi connectivity index (χ0v) is 21.0. The van der Waals surface area contributed by atoms with E-state index in [1.165, 1.54) is 10.9 Å². The topological polar surface area (TPSA) is 74.4 Å². The van der Waals surface area contributed by atoms with Crippen LogP contribution in [-0.2, 0) is 28.0 Å². The van der Waals surface area contributed by atoms with Gasteiger partial charge >= 0.3 is 6.09 Å². The third kappa shape index (κ3) is 5.85. The van der Waals surface area contributed by atoms with Crippen molar-refractivity contribution in [2.45, 2.75) is 37.7 Å². The van der Waals surface area contributed by atoms with Crippen LogP contribution in [-0.4, -0.2) is 41.5 Å². The number of likely N-dealkylation sites (tertiary alicyclic amines) is 1. The van der Waals surface area contributed by atoms with Crippen molar-refractivity contribution in [1.82, 2.24) is 15.2 Å². The second-order valence-corrected chi connectivity index (χ2v) is 9.65. The number of rotatable bonds is 8. The first kappa shape index (κ1) is 24.6. The molecule has 37 heavy (non-hydrogen) atoms. The van der Waals surface area contributed by atoms with Crippen LogP contribution in [0.1, 0.15) is 36.0 Å². The molecule has 0 aliphatic carbocycles. The molecule has 4 aromatic rings. The van der Waals surface area contributed by atoms with Gasteiger partial charge in [0.2, 0.25) is 5.91 Å². The van der Waals surface area contributed by atoms with Crippen molar-refractivity contribution in [3.8, 4) is 0 Å². The largest absolute Gasteiger partial charge is 0.438 e. The molecule has 2 N–H and O–H groups in total. The summed E-state index contributed by atoms with van der Waals surface area (Å²) in [6, 6.07) is 28.1. The maximum atomic E-state index is 12.9. The third-order valence-electron chi connectivity index (χ3n) is 7.32. The lowest BCUT2D eigenvalue weighted by atomic mass is 9.84. The Morgan fingerprint density at radius 2 is 1.54 bits per heavy atom. The number of carbonyl (C=O) groups is 2. The molecule has 190 valence electrons. The number of aromatic amines is 1. The summed E-state index contributed by atoms with van der Waals surface area (Å²) in [6.45, 7) is 1.60. The SMILES string of the molecule is O=C(NCCc1c[nH]c2ccccc12)OC1(c2ccccc2)CCN(C(=O)CCc2ccccc2)CC1. The van der Waals surface area contributed by atoms with Crippen LogP contribution in [0.2, 0.25) is 0 Å². The number of amides is 2. The molecule has 6 nitrogen and oxygen atoms in total. The highest BCUT2D eigenvalue weighted by Crippen LogP contribution is 2.37. The fraction of sp³-hybridized carbons (Fsp3) is 0.290. The van der Waals surface area contributed by atoms with Gasteiger partial charge in [0.15, 0.2) is 0 Å². The quantitative estimate of drug-likeness (QED) is 0.335. The molecule has 0 unspecified atom stereocenters. The van der Waals surface area contributed by atoms with Gasteiger partial charge in [-0.1, -0.05) is 78.9 Å². The summed E-state index contributed by atoms with van der Waals surface area (Å²) in [5.41, 5.74) is 3.64. The Labute approximate surface area is 217 Å². The molecule has 1 aromatic heterocycles. The lowest BCUT2D eigenvalue weighted by molar-refractivity contribution is -0.135. The first-order chi connectivity index (χ1) is 18.1. The average molecular weight is 496 g/mol. The molecule has 1 aliphatic heterocycles. The Morgan fingerprint density at radius 3 is 2.30 bits per heavy atom. The number of alkyl carbamates (subject to hydrolysis) is 1. The van der Waals surface area contributed by atoms with Crippen LogP contribution in [0.4, 0.5) is 4.79 Å². The Morgan fingerprint density at radius 1 is 0.865 bits per heavy atom. The van der Waals surface area contributed by atoms with Gasteiger partial charge in [0.25, 0.3) is 0 Å². The monoisotopic (exact) mass is 495 g/mol. The first-order valence-corrected chi connectivity index (χ1v) is 13.0. The zero-order valence-electron chi connectivity index (χ0n) is 21.0. The van der Waals surface area contributed by atoms with E-state index in [4.69, 9.17) is 4.74 Å². The molecule has 0 radical (unpaired) electrons. The van der Waals surface area contributed by atoms with Crippen molar-refractivity contribution in [2.75, 3.05) is 19.6 Å². The predicted molar refractivity (Wildman–Crippen MR) is 145 cm³/mol. The molecule has 6 heteroatoms. The van der Waals surface area contributed by atoms with Crippen LogP contribution in [0.3, 0.4) is 0 Å². The molecule has 0 atom stereocenters. The fourth-order valence-corrected chi connectivity index (χ4v) is 5.21. The Balaban J connectivity index is 1.18. The lowest BCUT2D eigenvalue weighted by Crippen LogP contribution is -2.48. The van der Waals surface area contributed by atoms with E-state index >= 15 is 0 Å². The van der Waals surface area contributed by atoms with Gasteiger partial charge in [-0.25, -0.2) is 4.79 Å². The van der Waals surface area contributed by atoms with Crippen molar-refractivity contribution < 1.29 is 14.3 Å². The van der Waals surface area contributed by atoms with Gasteiger partial charge < -0.3 is 19.9 Å². The highest BCUT2D eigenvalue weighted by Gasteiger charge is 2.40. The number of aromatic nitrogens is 1. The Kier molecular flexibility index (Phi) is 7.54. The van der Waals surface area contributed by atoms with Crippen LogP contribution in [0.15, 0.2) is 91.1 Å². The van der Waals surface area contributed by atoms with Crippen LogP contribution < -0.4 is 5.32 Å². The number of hydrogen-bond acceptors (Lipinski definition) is 3. The molecule has 1 aliphatic rings. The predicted octanol–water partition coefficient (Wildman–Crippen LogP) is 5.59. The minimum absolute atomic E-state index is 0.147. The van der Waals surface area contributed by atoms with E-state index in [-0.39, 0.29) is 5.91 Å². The second kappa shape index (κ2) is 11.3. The molecule has 1 fully saturated rings. The van der Waals surface area contributed by atoms with E-state index in [9.17, 15) is 9.59 Å². The second-order valence-electron chi connectivity index (χ2n) is 9.65. The molecule has 0 bridgehead atoms. The van der Waals surface area contributed by atoms with Gasteiger partial charge in [0.05, 0.1) is 0 Å². The number of hydrogen-bond donors (Lipinski definition) is 2. The number of para-hydroxylation sites is 1. The summed E-state index contributed by atoms with van der Waals surface area (Å²) in [7, 11) is 0. The fourth-order valence-electron chi connectivity index (χ4n) is 5.21. The van der Waals surface area contributed by atoms with Gasteiger partial charge in [-0.05, 0) is 35.6 Å². The number of ether oxygens (including phenoxy) is 1. The molecule has 5 rings (SSSR count). The smallest absolute Gasteiger partial charge is 0.408 e. The summed E-state index contributed by atoms with van der Waals surface area (Å²) in [5, 5.41) is 4.11. The van der Waals surface area contributed by atoms with E-state index in [1.807, 2.05) is 77.8 Å². The number of nitrogens with one attached hydrogen (secondary N) is 2. The van der Waals surface area contributed by atoms with Crippen molar-refractivity contribution in [3.63, 3.8) is 0 Å². The number of benzene rings is 3. The van der Waals surface area contributed by atoms with Gasteiger partial charge in [-0.2, -0.15) is 0 Å². The molecule has 2 heterocycles. The Hall–Kier alpha value is -4.06. The summed E-state index contributed by atoms with van der Waals surface area (Å²) < 4.78 is 6.13. The number of aryl methyl sites for hydroxylation is 1. The van der Waals surface area contributed by atoms with E-state index < -0.39 is 11.7 Å². The number of piperidine rings is 1. The normalized spacial score (nSPS) is 14.9. The van der Waals surface area contributed by atoms with E-state index in [0.717, 1.165) is 23.1 Å². The lowest BCUT2D eigenvalue weighted by Gasteiger charge is -2.41. The highest BCUT2D eigenvalue weighted by atomic mass is 16.6. The standard InChI is InChI=1S/C31H33N3O3/c35-29(16-15-24-9-3-1-4-10-24)34-21-18-31(19-22-34,26-11-5-2-6-12-26)37-30(36)32-20-17-25-23-33-28-14-8-7-13-27(25)28/h1-14,23,33H,15-22H2,(H,32,36). The van der Waals surface area contributed by atoms with Crippen LogP contribution in [0.5, 0.6) is 0 Å². The van der Waals surface area contributed by atoms with E-state index in [1.54, 1.807) is 0 Å². The molecule has 3 aromatic carbocycles. The number of nitrogens with zero attached hydrogens (tertiary/aromatic N) is 1. The van der Waals surface area contributed by atoms with Crippen molar-refractivity contribution in [3.05, 3.63) is 108 Å². The number of fused-ring (bicyclic) bond motifs is 1. The van der Waals surface area contributed by atoms with Crippen LogP contribution in [0.25, 0.3) is 10.9 Å². The number of carbonyl (C=O) groups excluding carboxylic acids is 2. The van der Waals surface area contributed by atoms with Crippen molar-refractivity contribution in [2.24, 2.45) is 0 Å². The van der Waals surface area contributed by atoms with Gasteiger partial charge in [-0.3, -0.25) is 4.79 Å². The summed E-state index contributed by atoms with van der Waals surface area (Å²) in [5.74, 6) is 0.147. The van der Waals surface area contributed by atoms with Crippen LogP contribution in [0, 0.1) is 0 Å². The van der Waals surface area contributed by atoms with Crippen molar-refractivity contribution >= 4 is 22.9 Å². The maximum Gasteiger partial charge on any atom is 0.408 e. The van der Waals surface area contributed by atoms with Gasteiger partial charge in [0, 0.05) is 56.0 Å². The maximum absolute atomic E-state index is 12.9. The molecular weight excluding hydrogens is 462 g/mol. The molecule has 0 saturated carbocycles. The van der Waals surface area contributed by atoms with Gasteiger partial charge in [0.1, 0.15) is 5.60 Å². The summed E-state index contributed by atoms with van der Waals surface area (Å²) in [6.07, 6.45) is 4.64. The van der Waals surface area contributed by atoms with Crippen LogP contribution >= 0.6 is 0 Å². The zero-order chi connectivity index (χ0) is 25.5. The molecular formula is C31H33N3O3. The third-order valence-corrected chi connectivity index (χ3v) is 7.32. The van der Waals surface area contributed by atoms with Crippen molar-refractivity contribution in [1.29, 1.82) is 0 Å². The minimum atomic E-state index is -0.748. The minimum Gasteiger partial charge on any atom is -0.438 e. The summed E-state index contributed by atoms with van der Waals surface area (Å²) in [4.78, 5) is 31.0. The first-order valence-electron chi connectivity index (χ1n) is 13.0. The molecule has 0 spiro atoms. The number of H-pyrrole nitrogens is 1. The van der Waals surface area contributed by atoms with E-state index in [0.29, 0.717) is 45.3 Å². The highest BCUT2D eigenvalue weighted by molar-refractivity contribution is 5.83. The summed E-state index contributed by atoms with van der Waals surface area (Å²) >= 11 is 0. The molecule has 1 saturated heterocycles. The average Bonchev–Trinajstić information content (AvgIpc) is 3.36. The van der Waals surface area contributed by atoms with Gasteiger partial charge in [-0.15, -0.1) is 0 Å².